The first-order valence-electron chi connectivity index (χ1n) is 14.6. The van der Waals surface area contributed by atoms with Gasteiger partial charge in [-0.3, -0.25) is 4.79 Å². The van der Waals surface area contributed by atoms with E-state index in [0.717, 1.165) is 52.1 Å². The van der Waals surface area contributed by atoms with Gasteiger partial charge in [-0.25, -0.2) is 19.3 Å². The molecular weight excluding hydrogens is 566 g/mol. The van der Waals surface area contributed by atoms with Crippen LogP contribution in [0.5, 0.6) is 11.5 Å². The average molecular weight is 602 g/mol. The lowest BCUT2D eigenvalue weighted by molar-refractivity contribution is -0.134. The van der Waals surface area contributed by atoms with Crippen LogP contribution >= 0.6 is 0 Å². The number of methoxy groups -OCH3 is 2. The van der Waals surface area contributed by atoms with Gasteiger partial charge in [-0.05, 0) is 80.2 Å². The highest BCUT2D eigenvalue weighted by Crippen LogP contribution is 2.44. The molecule has 0 bridgehead atoms. The molecule has 2 unspecified atom stereocenters. The number of amides is 1. The molecule has 1 saturated carbocycles. The zero-order chi connectivity index (χ0) is 31.2. The van der Waals surface area contributed by atoms with Gasteiger partial charge in [0.2, 0.25) is 5.69 Å². The van der Waals surface area contributed by atoms with Gasteiger partial charge in [-0.2, -0.15) is 5.10 Å². The molecule has 1 aromatic heterocycles. The lowest BCUT2D eigenvalue weighted by Gasteiger charge is -2.29. The van der Waals surface area contributed by atoms with E-state index >= 15 is 0 Å². The standard InChI is InChI=1S/C32H35N5O7/c1-5-43-31(39)28-30(32(40)44-6-2)36(35-33-28)19-26(38)37-29(21-12-16-24(42-4)17-13-21)25-9-7-8-22(27(25)34-37)18-20-10-14-23(41-3)15-11-20/h10-18,25,29H,5-9,19H2,1-4H3/b22-18+. The Hall–Kier alpha value is -5.00. The van der Waals surface area contributed by atoms with Crippen LogP contribution in [-0.2, 0) is 20.8 Å². The minimum absolute atomic E-state index is 0.0547. The second kappa shape index (κ2) is 13.5. The van der Waals surface area contributed by atoms with Crippen molar-refractivity contribution in [2.75, 3.05) is 27.4 Å². The fraction of sp³-hybridized carbons (Fsp3) is 0.375. The number of hydrogen-bond acceptors (Lipinski definition) is 10. The van der Waals surface area contributed by atoms with Crippen molar-refractivity contribution in [1.82, 2.24) is 20.0 Å². The van der Waals surface area contributed by atoms with Gasteiger partial charge in [-0.15, -0.1) is 5.10 Å². The van der Waals surface area contributed by atoms with Crippen molar-refractivity contribution in [3.05, 3.63) is 76.6 Å². The van der Waals surface area contributed by atoms with Gasteiger partial charge in [0.15, 0.2) is 5.69 Å². The Morgan fingerprint density at radius 3 is 2.18 bits per heavy atom. The smallest absolute Gasteiger partial charge is 0.361 e. The Morgan fingerprint density at radius 1 is 0.909 bits per heavy atom. The third kappa shape index (κ3) is 6.19. The number of fused-ring (bicyclic) bond motifs is 1. The van der Waals surface area contributed by atoms with E-state index in [1.807, 2.05) is 48.5 Å². The van der Waals surface area contributed by atoms with Gasteiger partial charge in [-0.1, -0.05) is 29.5 Å². The van der Waals surface area contributed by atoms with Crippen LogP contribution in [0.3, 0.4) is 0 Å². The van der Waals surface area contributed by atoms with Gasteiger partial charge in [0.25, 0.3) is 5.91 Å². The lowest BCUT2D eigenvalue weighted by Crippen LogP contribution is -2.34. The second-order valence-corrected chi connectivity index (χ2v) is 10.3. The minimum atomic E-state index is -0.828. The molecule has 12 heteroatoms. The molecule has 1 aliphatic carbocycles. The number of allylic oxidation sites excluding steroid dienone is 1. The third-order valence-corrected chi connectivity index (χ3v) is 7.63. The van der Waals surface area contributed by atoms with E-state index in [0.29, 0.717) is 5.75 Å². The predicted molar refractivity (Wildman–Crippen MR) is 160 cm³/mol. The van der Waals surface area contributed by atoms with Crippen molar-refractivity contribution in [2.45, 2.75) is 45.7 Å². The van der Waals surface area contributed by atoms with Crippen molar-refractivity contribution < 1.29 is 33.3 Å². The number of aromatic nitrogens is 3. The van der Waals surface area contributed by atoms with E-state index in [-0.39, 0.29) is 30.5 Å². The first-order chi connectivity index (χ1) is 21.4. The largest absolute Gasteiger partial charge is 0.497 e. The van der Waals surface area contributed by atoms with E-state index in [9.17, 15) is 14.4 Å². The minimum Gasteiger partial charge on any atom is -0.497 e. The van der Waals surface area contributed by atoms with Crippen molar-refractivity contribution in [3.63, 3.8) is 0 Å². The van der Waals surface area contributed by atoms with Crippen LogP contribution in [0.2, 0.25) is 0 Å². The molecule has 5 rings (SSSR count). The number of ether oxygens (including phenoxy) is 4. The fourth-order valence-corrected chi connectivity index (χ4v) is 5.61. The molecule has 2 heterocycles. The number of nitrogens with zero attached hydrogens (tertiary/aromatic N) is 5. The summed E-state index contributed by atoms with van der Waals surface area (Å²) in [7, 11) is 3.23. The first-order valence-corrected chi connectivity index (χ1v) is 14.6. The molecule has 1 fully saturated rings. The quantitative estimate of drug-likeness (QED) is 0.309. The first kappa shape index (κ1) is 30.5. The summed E-state index contributed by atoms with van der Waals surface area (Å²) in [5, 5.41) is 14.2. The molecule has 0 saturated heterocycles. The Morgan fingerprint density at radius 2 is 1.55 bits per heavy atom. The van der Waals surface area contributed by atoms with Crippen LogP contribution in [0.1, 0.15) is 71.3 Å². The molecule has 2 atom stereocenters. The summed E-state index contributed by atoms with van der Waals surface area (Å²) in [6.45, 7) is 3.02. The van der Waals surface area contributed by atoms with Gasteiger partial charge in [0.1, 0.15) is 18.0 Å². The number of carbonyl (C=O) groups is 3. The van der Waals surface area contributed by atoms with Crippen LogP contribution < -0.4 is 9.47 Å². The Bertz CT molecular complexity index is 1580. The summed E-state index contributed by atoms with van der Waals surface area (Å²) in [6, 6.07) is 15.0. The van der Waals surface area contributed by atoms with Crippen molar-refractivity contribution in [1.29, 1.82) is 0 Å². The van der Waals surface area contributed by atoms with E-state index in [2.05, 4.69) is 16.4 Å². The summed E-state index contributed by atoms with van der Waals surface area (Å²) in [6.07, 6.45) is 4.69. The second-order valence-electron chi connectivity index (χ2n) is 10.3. The topological polar surface area (TPSA) is 134 Å². The normalized spacial score (nSPS) is 18.4. The maximum atomic E-state index is 14.0. The average Bonchev–Trinajstić information content (AvgIpc) is 3.64. The zero-order valence-corrected chi connectivity index (χ0v) is 25.2. The number of hydrazone groups is 1. The molecule has 1 amide bonds. The van der Waals surface area contributed by atoms with E-state index in [1.165, 1.54) is 5.01 Å². The van der Waals surface area contributed by atoms with Crippen molar-refractivity contribution in [2.24, 2.45) is 11.0 Å². The highest BCUT2D eigenvalue weighted by molar-refractivity contribution is 6.08. The number of esters is 2. The van der Waals surface area contributed by atoms with Gasteiger partial charge < -0.3 is 18.9 Å². The highest BCUT2D eigenvalue weighted by atomic mass is 16.5. The van der Waals surface area contributed by atoms with Crippen LogP contribution in [-0.4, -0.2) is 71.0 Å². The molecule has 44 heavy (non-hydrogen) atoms. The Labute approximate surface area is 255 Å². The molecule has 0 spiro atoms. The van der Waals surface area contributed by atoms with Crippen LogP contribution in [0.25, 0.3) is 6.08 Å². The van der Waals surface area contributed by atoms with Gasteiger partial charge >= 0.3 is 11.9 Å². The maximum absolute atomic E-state index is 14.0. The molecule has 3 aromatic rings. The van der Waals surface area contributed by atoms with Crippen LogP contribution in [0.15, 0.2) is 59.2 Å². The third-order valence-electron chi connectivity index (χ3n) is 7.63. The summed E-state index contributed by atoms with van der Waals surface area (Å²) >= 11 is 0. The molecule has 0 N–H and O–H groups in total. The summed E-state index contributed by atoms with van der Waals surface area (Å²) in [4.78, 5) is 39.4. The highest BCUT2D eigenvalue weighted by Gasteiger charge is 2.44. The van der Waals surface area contributed by atoms with Crippen LogP contribution in [0, 0.1) is 5.92 Å². The number of carbonyl (C=O) groups excluding carboxylic acids is 3. The Balaban J connectivity index is 1.52. The van der Waals surface area contributed by atoms with Gasteiger partial charge in [0.05, 0.1) is 39.2 Å². The molecule has 1 aliphatic heterocycles. The molecule has 230 valence electrons. The predicted octanol–water partition coefficient (Wildman–Crippen LogP) is 4.47. The van der Waals surface area contributed by atoms with Crippen molar-refractivity contribution >= 4 is 29.6 Å². The lowest BCUT2D eigenvalue weighted by atomic mass is 9.77. The monoisotopic (exact) mass is 601 g/mol. The number of benzene rings is 2. The van der Waals surface area contributed by atoms with Gasteiger partial charge in [0, 0.05) is 5.92 Å². The SMILES string of the molecule is CCOC(=O)c1nnn(CC(=O)N2N=C3/C(=C/c4ccc(OC)cc4)CCCC3C2c2ccc(OC)cc2)c1C(=O)OCC. The summed E-state index contributed by atoms with van der Waals surface area (Å²) in [5.41, 5.74) is 3.24. The molecule has 2 aliphatic rings. The maximum Gasteiger partial charge on any atom is 0.361 e. The van der Waals surface area contributed by atoms with E-state index in [1.54, 1.807) is 28.1 Å². The Kier molecular flexibility index (Phi) is 9.37. The molecular formula is C32H35N5O7. The fourth-order valence-electron chi connectivity index (χ4n) is 5.61. The van der Waals surface area contributed by atoms with Crippen LogP contribution in [0.4, 0.5) is 0 Å². The van der Waals surface area contributed by atoms with E-state index in [4.69, 9.17) is 24.0 Å². The van der Waals surface area contributed by atoms with E-state index < -0.39 is 30.4 Å². The molecule has 2 aromatic carbocycles. The summed E-state index contributed by atoms with van der Waals surface area (Å²) < 4.78 is 21.9. The summed E-state index contributed by atoms with van der Waals surface area (Å²) in [5.74, 6) is -0.673. The van der Waals surface area contributed by atoms with Crippen molar-refractivity contribution in [3.8, 4) is 11.5 Å². The number of rotatable bonds is 10. The molecule has 0 radical (unpaired) electrons. The zero-order valence-electron chi connectivity index (χ0n) is 25.2. The molecule has 12 nitrogen and oxygen atoms in total. The number of hydrogen-bond donors (Lipinski definition) is 0.